The van der Waals surface area contributed by atoms with Crippen LogP contribution in [0.15, 0.2) is 48.5 Å². The Hall–Kier alpha value is -2.82. The molecule has 156 valence electrons. The van der Waals surface area contributed by atoms with Crippen molar-refractivity contribution in [2.75, 3.05) is 13.7 Å². The minimum Gasteiger partial charge on any atom is -0.494 e. The maximum atomic E-state index is 13.0. The monoisotopic (exact) mass is 396 g/mol. The summed E-state index contributed by atoms with van der Waals surface area (Å²) in [5.41, 5.74) is 3.35. The Bertz CT molecular complexity index is 802. The van der Waals surface area contributed by atoms with E-state index in [-0.39, 0.29) is 11.8 Å². The number of aryl methyl sites for hydroxylation is 2. The molecule has 0 aliphatic heterocycles. The number of ether oxygens (including phenoxy) is 1. The Morgan fingerprint density at radius 3 is 2.38 bits per heavy atom. The lowest BCUT2D eigenvalue weighted by atomic mass is 10.1. The van der Waals surface area contributed by atoms with Gasteiger partial charge >= 0.3 is 0 Å². The van der Waals surface area contributed by atoms with E-state index in [1.165, 1.54) is 5.56 Å². The zero-order valence-corrected chi connectivity index (χ0v) is 17.9. The topological polar surface area (TPSA) is 58.6 Å². The minimum absolute atomic E-state index is 0.0313. The zero-order valence-electron chi connectivity index (χ0n) is 17.9. The number of hydrogen-bond donors (Lipinski definition) is 1. The fourth-order valence-corrected chi connectivity index (χ4v) is 3.25. The number of likely N-dealkylation sites (N-methyl/N-ethyl adjacent to an activating group) is 1. The van der Waals surface area contributed by atoms with E-state index in [9.17, 15) is 9.59 Å². The molecular formula is C24H32N2O3. The molecule has 2 aromatic rings. The van der Waals surface area contributed by atoms with Gasteiger partial charge in [-0.25, -0.2) is 0 Å². The molecule has 0 fully saturated rings. The highest BCUT2D eigenvalue weighted by atomic mass is 16.5. The predicted octanol–water partition coefficient (Wildman–Crippen LogP) is 4.02. The molecule has 0 spiro atoms. The summed E-state index contributed by atoms with van der Waals surface area (Å²) in [6.45, 7) is 6.87. The van der Waals surface area contributed by atoms with Gasteiger partial charge in [0.1, 0.15) is 11.8 Å². The first-order valence-corrected chi connectivity index (χ1v) is 10.2. The summed E-state index contributed by atoms with van der Waals surface area (Å²) in [6.07, 6.45) is 1.50. The van der Waals surface area contributed by atoms with Gasteiger partial charge in [0.05, 0.1) is 6.61 Å². The summed E-state index contributed by atoms with van der Waals surface area (Å²) in [5.74, 6) is 0.637. The third-order valence-corrected chi connectivity index (χ3v) is 5.06. The number of amides is 2. The van der Waals surface area contributed by atoms with Gasteiger partial charge in [-0.15, -0.1) is 0 Å². The van der Waals surface area contributed by atoms with E-state index in [0.717, 1.165) is 16.9 Å². The molecule has 1 N–H and O–H groups in total. The normalized spacial score (nSPS) is 11.6. The van der Waals surface area contributed by atoms with Crippen LogP contribution in [0.1, 0.15) is 42.9 Å². The summed E-state index contributed by atoms with van der Waals surface area (Å²) in [5, 5.41) is 2.69. The summed E-state index contributed by atoms with van der Waals surface area (Å²) in [7, 11) is 1.61. The second kappa shape index (κ2) is 11.2. The summed E-state index contributed by atoms with van der Waals surface area (Å²) in [6, 6.07) is 15.3. The molecule has 0 heterocycles. The third kappa shape index (κ3) is 6.63. The molecule has 0 aliphatic carbocycles. The van der Waals surface area contributed by atoms with Crippen molar-refractivity contribution in [1.82, 2.24) is 10.2 Å². The largest absolute Gasteiger partial charge is 0.494 e. The molecule has 0 aromatic heterocycles. The van der Waals surface area contributed by atoms with Gasteiger partial charge in [0, 0.05) is 20.0 Å². The quantitative estimate of drug-likeness (QED) is 0.617. The average molecular weight is 397 g/mol. The van der Waals surface area contributed by atoms with E-state index in [1.807, 2.05) is 69.3 Å². The second-order valence-electron chi connectivity index (χ2n) is 7.25. The number of nitrogens with one attached hydrogen (secondary N) is 1. The Morgan fingerprint density at radius 1 is 1.07 bits per heavy atom. The minimum atomic E-state index is -0.481. The van der Waals surface area contributed by atoms with Crippen LogP contribution in [0.2, 0.25) is 0 Å². The summed E-state index contributed by atoms with van der Waals surface area (Å²) >= 11 is 0. The highest BCUT2D eigenvalue weighted by Crippen LogP contribution is 2.17. The van der Waals surface area contributed by atoms with E-state index in [2.05, 4.69) is 5.32 Å². The van der Waals surface area contributed by atoms with Crippen LogP contribution in [-0.2, 0) is 16.1 Å². The van der Waals surface area contributed by atoms with E-state index < -0.39 is 6.04 Å². The van der Waals surface area contributed by atoms with Gasteiger partial charge in [-0.2, -0.15) is 0 Å². The lowest BCUT2D eigenvalue weighted by Gasteiger charge is -2.30. The van der Waals surface area contributed by atoms with Gasteiger partial charge in [0.2, 0.25) is 11.8 Å². The molecule has 29 heavy (non-hydrogen) atoms. The van der Waals surface area contributed by atoms with Crippen LogP contribution in [-0.4, -0.2) is 36.4 Å². The Balaban J connectivity index is 2.02. The highest BCUT2D eigenvalue weighted by molar-refractivity contribution is 5.87. The maximum absolute atomic E-state index is 13.0. The number of nitrogens with zero attached hydrogens (tertiary/aromatic N) is 1. The number of carbonyl (C=O) groups excluding carboxylic acids is 2. The second-order valence-corrected chi connectivity index (χ2v) is 7.25. The van der Waals surface area contributed by atoms with Gasteiger partial charge < -0.3 is 15.0 Å². The summed E-state index contributed by atoms with van der Waals surface area (Å²) < 4.78 is 5.73. The first-order valence-electron chi connectivity index (χ1n) is 10.2. The Morgan fingerprint density at radius 2 is 1.76 bits per heavy atom. The van der Waals surface area contributed by atoms with Crippen LogP contribution < -0.4 is 10.1 Å². The fraction of sp³-hybridized carbons (Fsp3) is 0.417. The first kappa shape index (κ1) is 22.5. The van der Waals surface area contributed by atoms with Gasteiger partial charge in [0.15, 0.2) is 0 Å². The van der Waals surface area contributed by atoms with E-state index >= 15 is 0 Å². The number of carbonyl (C=O) groups is 2. The number of benzene rings is 2. The lowest BCUT2D eigenvalue weighted by molar-refractivity contribution is -0.141. The maximum Gasteiger partial charge on any atom is 0.242 e. The van der Waals surface area contributed by atoms with Crippen molar-refractivity contribution in [3.63, 3.8) is 0 Å². The van der Waals surface area contributed by atoms with Crippen LogP contribution in [0.3, 0.4) is 0 Å². The number of rotatable bonds is 10. The molecule has 5 heteroatoms. The first-order chi connectivity index (χ1) is 14.0. The van der Waals surface area contributed by atoms with Crippen molar-refractivity contribution >= 4 is 11.8 Å². The van der Waals surface area contributed by atoms with Crippen molar-refractivity contribution in [2.45, 2.75) is 52.6 Å². The van der Waals surface area contributed by atoms with Crippen LogP contribution in [0.25, 0.3) is 0 Å². The van der Waals surface area contributed by atoms with Crippen LogP contribution in [0, 0.1) is 13.8 Å². The lowest BCUT2D eigenvalue weighted by Crippen LogP contribution is -2.48. The van der Waals surface area contributed by atoms with E-state index in [1.54, 1.807) is 11.9 Å². The van der Waals surface area contributed by atoms with Crippen LogP contribution in [0.4, 0.5) is 0 Å². The average Bonchev–Trinajstić information content (AvgIpc) is 2.73. The van der Waals surface area contributed by atoms with Gasteiger partial charge in [-0.05, 0) is 49.9 Å². The molecule has 5 nitrogen and oxygen atoms in total. The van der Waals surface area contributed by atoms with Crippen molar-refractivity contribution in [3.05, 3.63) is 65.2 Å². The Kier molecular flexibility index (Phi) is 8.71. The summed E-state index contributed by atoms with van der Waals surface area (Å²) in [4.78, 5) is 27.1. The molecule has 0 bridgehead atoms. The molecule has 0 radical (unpaired) electrons. The molecule has 2 amide bonds. The fourth-order valence-electron chi connectivity index (χ4n) is 3.25. The highest BCUT2D eigenvalue weighted by Gasteiger charge is 2.27. The predicted molar refractivity (Wildman–Crippen MR) is 116 cm³/mol. The zero-order chi connectivity index (χ0) is 21.2. The molecule has 2 aromatic carbocycles. The van der Waals surface area contributed by atoms with Gasteiger partial charge in [-0.1, -0.05) is 48.9 Å². The Labute approximate surface area is 174 Å². The van der Waals surface area contributed by atoms with Crippen molar-refractivity contribution in [3.8, 4) is 5.75 Å². The van der Waals surface area contributed by atoms with Crippen LogP contribution in [0.5, 0.6) is 5.75 Å². The standard InChI is InChI=1S/C24H32N2O3/c1-5-22(24(28)25-4)26(17-20-10-7-6-9-19(20)3)23(27)11-8-16-29-21-14-12-18(2)13-15-21/h6-7,9-10,12-15,22H,5,8,11,16-17H2,1-4H3,(H,25,28)/t22-/m0/s1. The third-order valence-electron chi connectivity index (χ3n) is 5.06. The number of hydrogen-bond acceptors (Lipinski definition) is 3. The van der Waals surface area contributed by atoms with E-state index in [0.29, 0.717) is 32.4 Å². The molecule has 0 aliphatic rings. The van der Waals surface area contributed by atoms with Gasteiger partial charge in [0.25, 0.3) is 0 Å². The molecule has 0 saturated carbocycles. The van der Waals surface area contributed by atoms with E-state index in [4.69, 9.17) is 4.74 Å². The molecule has 0 unspecified atom stereocenters. The molecule has 2 rings (SSSR count). The van der Waals surface area contributed by atoms with Crippen molar-refractivity contribution in [2.24, 2.45) is 0 Å². The molecular weight excluding hydrogens is 364 g/mol. The smallest absolute Gasteiger partial charge is 0.242 e. The van der Waals surface area contributed by atoms with Crippen LogP contribution >= 0.6 is 0 Å². The van der Waals surface area contributed by atoms with Crippen molar-refractivity contribution in [1.29, 1.82) is 0 Å². The molecule has 0 saturated heterocycles. The van der Waals surface area contributed by atoms with Crippen molar-refractivity contribution < 1.29 is 14.3 Å². The SMILES string of the molecule is CC[C@@H](C(=O)NC)N(Cc1ccccc1C)C(=O)CCCOc1ccc(C)cc1. The molecule has 1 atom stereocenters. The van der Waals surface area contributed by atoms with Gasteiger partial charge in [-0.3, -0.25) is 9.59 Å².